The summed E-state index contributed by atoms with van der Waals surface area (Å²) in [5.41, 5.74) is 0.243. The van der Waals surface area contributed by atoms with Crippen molar-refractivity contribution < 1.29 is 19.3 Å². The minimum absolute atomic E-state index is 0.0444. The molecule has 0 radical (unpaired) electrons. The van der Waals surface area contributed by atoms with Gasteiger partial charge in [0.25, 0.3) is 5.69 Å². The van der Waals surface area contributed by atoms with Crippen LogP contribution in [-0.2, 0) is 14.4 Å². The van der Waals surface area contributed by atoms with Crippen LogP contribution in [-0.4, -0.2) is 22.5 Å². The molecule has 23 heavy (non-hydrogen) atoms. The van der Waals surface area contributed by atoms with Crippen molar-refractivity contribution >= 4 is 29.0 Å². The highest BCUT2D eigenvalue weighted by Crippen LogP contribution is 2.52. The lowest BCUT2D eigenvalue weighted by atomic mass is 9.59. The second-order valence-electron chi connectivity index (χ2n) is 6.45. The number of nitro groups is 1. The topological polar surface area (TPSA) is 97.6 Å². The highest BCUT2D eigenvalue weighted by molar-refractivity contribution is 6.23. The summed E-state index contributed by atoms with van der Waals surface area (Å²) in [4.78, 5) is 48.8. The van der Waals surface area contributed by atoms with E-state index in [4.69, 9.17) is 0 Å². The number of rotatable bonds is 2. The predicted molar refractivity (Wildman–Crippen MR) is 78.4 cm³/mol. The Labute approximate surface area is 131 Å². The highest BCUT2D eigenvalue weighted by Gasteiger charge is 2.60. The molecule has 3 aliphatic carbocycles. The van der Waals surface area contributed by atoms with Gasteiger partial charge in [-0.05, 0) is 30.9 Å². The number of non-ortho nitro benzene ring substituents is 1. The van der Waals surface area contributed by atoms with E-state index in [9.17, 15) is 24.5 Å². The molecule has 2 amide bonds. The Bertz CT molecular complexity index is 741. The van der Waals surface area contributed by atoms with Crippen LogP contribution in [0.5, 0.6) is 0 Å². The van der Waals surface area contributed by atoms with Crippen LogP contribution in [0.4, 0.5) is 11.4 Å². The smallest absolute Gasteiger partial charge is 0.269 e. The van der Waals surface area contributed by atoms with Crippen molar-refractivity contribution in [2.75, 3.05) is 4.90 Å². The summed E-state index contributed by atoms with van der Waals surface area (Å²) in [5, 5.41) is 10.7. The van der Waals surface area contributed by atoms with Gasteiger partial charge in [0.1, 0.15) is 5.78 Å². The van der Waals surface area contributed by atoms with Gasteiger partial charge in [-0.2, -0.15) is 0 Å². The average Bonchev–Trinajstić information content (AvgIpc) is 2.81. The normalized spacial score (nSPS) is 32.3. The lowest BCUT2D eigenvalue weighted by Crippen LogP contribution is -2.46. The van der Waals surface area contributed by atoms with Crippen LogP contribution in [0.1, 0.15) is 19.3 Å². The van der Waals surface area contributed by atoms with Gasteiger partial charge in [0.2, 0.25) is 11.8 Å². The molecule has 5 rings (SSSR count). The number of Topliss-reactive ketones (excluding diaryl/α,β-unsaturated/α-hetero) is 1. The lowest BCUT2D eigenvalue weighted by Gasteiger charge is -2.41. The SMILES string of the molecule is O=C1C[C@H]2CC[C@@H]1[C@H]1C(=O)N(c3ccc([N+](=O)[O-])cc3)C(=O)[C@@H]21. The minimum Gasteiger partial charge on any atom is -0.299 e. The molecule has 7 nitrogen and oxygen atoms in total. The van der Waals surface area contributed by atoms with Gasteiger partial charge in [0.15, 0.2) is 0 Å². The number of ketones is 1. The number of imide groups is 1. The molecule has 4 aliphatic rings. The molecule has 0 spiro atoms. The molecule has 0 unspecified atom stereocenters. The molecule has 0 aromatic heterocycles. The highest BCUT2D eigenvalue weighted by atomic mass is 16.6. The molecule has 7 heteroatoms. The quantitative estimate of drug-likeness (QED) is 0.470. The summed E-state index contributed by atoms with van der Waals surface area (Å²) in [6.45, 7) is 0. The molecule has 4 fully saturated rings. The summed E-state index contributed by atoms with van der Waals surface area (Å²) >= 11 is 0. The predicted octanol–water partition coefficient (Wildman–Crippen LogP) is 1.70. The number of hydrogen-bond acceptors (Lipinski definition) is 5. The molecule has 1 aliphatic heterocycles. The number of amides is 2. The fourth-order valence-electron chi connectivity index (χ4n) is 4.36. The van der Waals surface area contributed by atoms with E-state index in [1.165, 1.54) is 24.3 Å². The van der Waals surface area contributed by atoms with E-state index in [1.54, 1.807) is 0 Å². The van der Waals surface area contributed by atoms with Crippen molar-refractivity contribution in [3.8, 4) is 0 Å². The van der Waals surface area contributed by atoms with E-state index in [1.807, 2.05) is 0 Å². The third kappa shape index (κ3) is 1.85. The van der Waals surface area contributed by atoms with Crippen LogP contribution in [0, 0.1) is 33.8 Å². The van der Waals surface area contributed by atoms with Gasteiger partial charge in [-0.25, -0.2) is 0 Å². The molecule has 4 atom stereocenters. The van der Waals surface area contributed by atoms with Crippen molar-refractivity contribution in [3.05, 3.63) is 34.4 Å². The minimum atomic E-state index is -0.544. The first kappa shape index (κ1) is 14.0. The van der Waals surface area contributed by atoms with Gasteiger partial charge < -0.3 is 0 Å². The standard InChI is InChI=1S/C16H14N2O5/c19-12-7-8-1-6-11(12)14-13(8)15(20)17(16(14)21)9-2-4-10(5-3-9)18(22)23/h2-5,8,11,13-14H,1,6-7H2/t8-,11+,13+,14-/m1/s1. The van der Waals surface area contributed by atoms with Crippen LogP contribution in [0.25, 0.3) is 0 Å². The van der Waals surface area contributed by atoms with Crippen LogP contribution < -0.4 is 4.90 Å². The fourth-order valence-corrected chi connectivity index (χ4v) is 4.36. The number of benzene rings is 1. The number of nitrogens with zero attached hydrogens (tertiary/aromatic N) is 2. The second kappa shape index (κ2) is 4.71. The van der Waals surface area contributed by atoms with Gasteiger partial charge in [0.05, 0.1) is 22.4 Å². The third-order valence-electron chi connectivity index (χ3n) is 5.38. The summed E-state index contributed by atoms with van der Waals surface area (Å²) in [6.07, 6.45) is 1.88. The summed E-state index contributed by atoms with van der Waals surface area (Å²) in [6, 6.07) is 5.37. The third-order valence-corrected chi connectivity index (χ3v) is 5.38. The zero-order valence-electron chi connectivity index (χ0n) is 12.2. The van der Waals surface area contributed by atoms with Gasteiger partial charge >= 0.3 is 0 Å². The van der Waals surface area contributed by atoms with Gasteiger partial charge in [-0.1, -0.05) is 0 Å². The Morgan fingerprint density at radius 3 is 2.26 bits per heavy atom. The van der Waals surface area contributed by atoms with Crippen LogP contribution >= 0.6 is 0 Å². The zero-order valence-corrected chi connectivity index (χ0v) is 12.2. The molecule has 1 aromatic carbocycles. The first-order valence-electron chi connectivity index (χ1n) is 7.64. The molecule has 1 aromatic rings. The van der Waals surface area contributed by atoms with Gasteiger partial charge in [0, 0.05) is 24.5 Å². The Hall–Kier alpha value is -2.57. The van der Waals surface area contributed by atoms with Crippen molar-refractivity contribution in [2.24, 2.45) is 23.7 Å². The molecule has 1 saturated heterocycles. The number of fused-ring (bicyclic) bond motifs is 2. The summed E-state index contributed by atoms with van der Waals surface area (Å²) in [7, 11) is 0. The molecule has 3 saturated carbocycles. The van der Waals surface area contributed by atoms with Crippen LogP contribution in [0.15, 0.2) is 24.3 Å². The Balaban J connectivity index is 1.71. The maximum atomic E-state index is 12.7. The van der Waals surface area contributed by atoms with Gasteiger partial charge in [-0.15, -0.1) is 0 Å². The van der Waals surface area contributed by atoms with E-state index >= 15 is 0 Å². The molecule has 1 heterocycles. The van der Waals surface area contributed by atoms with Crippen LogP contribution in [0.3, 0.4) is 0 Å². The summed E-state index contributed by atoms with van der Waals surface area (Å²) < 4.78 is 0. The van der Waals surface area contributed by atoms with E-state index in [2.05, 4.69) is 0 Å². The van der Waals surface area contributed by atoms with E-state index < -0.39 is 16.8 Å². The maximum Gasteiger partial charge on any atom is 0.269 e. The molecule has 0 N–H and O–H groups in total. The van der Waals surface area contributed by atoms with Crippen molar-refractivity contribution in [3.63, 3.8) is 0 Å². The number of anilines is 1. The van der Waals surface area contributed by atoms with Crippen molar-refractivity contribution in [2.45, 2.75) is 19.3 Å². The average molecular weight is 314 g/mol. The molecule has 2 bridgehead atoms. The zero-order chi connectivity index (χ0) is 16.3. The number of hydrogen-bond donors (Lipinski definition) is 0. The van der Waals surface area contributed by atoms with E-state index in [0.717, 1.165) is 11.3 Å². The van der Waals surface area contributed by atoms with Crippen molar-refractivity contribution in [1.82, 2.24) is 0 Å². The molecular formula is C16H14N2O5. The van der Waals surface area contributed by atoms with Crippen molar-refractivity contribution in [1.29, 1.82) is 0 Å². The Morgan fingerprint density at radius 1 is 1.00 bits per heavy atom. The monoisotopic (exact) mass is 314 g/mol. The summed E-state index contributed by atoms with van der Waals surface area (Å²) in [5.74, 6) is -1.85. The number of nitro benzene ring substituents is 1. The Kier molecular flexibility index (Phi) is 2.88. The van der Waals surface area contributed by atoms with Gasteiger partial charge in [-0.3, -0.25) is 29.4 Å². The van der Waals surface area contributed by atoms with Crippen LogP contribution in [0.2, 0.25) is 0 Å². The van der Waals surface area contributed by atoms with E-state index in [-0.39, 0.29) is 35.1 Å². The number of carbonyl (C=O) groups excluding carboxylic acids is 3. The first-order chi connectivity index (χ1) is 11.0. The fraction of sp³-hybridized carbons (Fsp3) is 0.438. The molecular weight excluding hydrogens is 300 g/mol. The Morgan fingerprint density at radius 2 is 1.65 bits per heavy atom. The first-order valence-corrected chi connectivity index (χ1v) is 7.64. The maximum absolute atomic E-state index is 12.7. The largest absolute Gasteiger partial charge is 0.299 e. The molecule has 118 valence electrons. The second-order valence-corrected chi connectivity index (χ2v) is 6.45. The van der Waals surface area contributed by atoms with E-state index in [0.29, 0.717) is 18.5 Å². The number of carbonyl (C=O) groups is 3. The lowest BCUT2D eigenvalue weighted by molar-refractivity contribution is -0.384.